The van der Waals surface area contributed by atoms with Gasteiger partial charge < -0.3 is 10.6 Å². The van der Waals surface area contributed by atoms with Gasteiger partial charge in [-0.2, -0.15) is 5.10 Å². The number of nitrogens with one attached hydrogen (secondary N) is 2. The number of rotatable bonds is 9. The van der Waals surface area contributed by atoms with Gasteiger partial charge in [-0.1, -0.05) is 55.4 Å². The number of amides is 1. The van der Waals surface area contributed by atoms with Crippen molar-refractivity contribution >= 4 is 34.5 Å². The van der Waals surface area contributed by atoms with Crippen molar-refractivity contribution in [3.05, 3.63) is 41.6 Å². The number of hydrogen-bond acceptors (Lipinski definition) is 6. The molecule has 2 aromatic heterocycles. The quantitative estimate of drug-likeness (QED) is 0.414. The minimum Gasteiger partial charge on any atom is -0.369 e. The summed E-state index contributed by atoms with van der Waals surface area (Å²) in [4.78, 5) is 21.4. The summed E-state index contributed by atoms with van der Waals surface area (Å²) in [5.74, 6) is 1.32. The normalized spacial score (nSPS) is 11.2. The number of aromatic nitrogens is 4. The van der Waals surface area contributed by atoms with E-state index in [2.05, 4.69) is 39.5 Å². The van der Waals surface area contributed by atoms with Gasteiger partial charge in [0.2, 0.25) is 5.91 Å². The number of carbonyl (C=O) groups is 1. The van der Waals surface area contributed by atoms with Gasteiger partial charge in [0.1, 0.15) is 5.82 Å². The number of nitrogens with zero attached hydrogens (tertiary/aromatic N) is 4. The van der Waals surface area contributed by atoms with Crippen molar-refractivity contribution in [3.63, 3.8) is 0 Å². The second-order valence-corrected chi connectivity index (χ2v) is 8.23. The largest absolute Gasteiger partial charge is 0.369 e. The fourth-order valence-corrected chi connectivity index (χ4v) is 3.36. The van der Waals surface area contributed by atoms with Gasteiger partial charge in [0.25, 0.3) is 0 Å². The molecule has 0 bridgehead atoms. The van der Waals surface area contributed by atoms with Crippen molar-refractivity contribution in [2.24, 2.45) is 5.92 Å². The molecule has 2 N–H and O–H groups in total. The zero-order valence-electron chi connectivity index (χ0n) is 17.4. The molecular weight excluding hydrogens is 384 g/mol. The molecule has 0 saturated heterocycles. The molecule has 0 atom stereocenters. The first-order valence-corrected chi connectivity index (χ1v) is 11.0. The maximum Gasteiger partial charge on any atom is 0.224 e. The third-order valence-corrected chi connectivity index (χ3v) is 4.98. The van der Waals surface area contributed by atoms with Crippen LogP contribution in [-0.2, 0) is 17.8 Å². The van der Waals surface area contributed by atoms with E-state index in [1.165, 1.54) is 11.8 Å². The summed E-state index contributed by atoms with van der Waals surface area (Å²) in [5.41, 5.74) is 2.96. The first kappa shape index (κ1) is 21.1. The molecule has 8 heteroatoms. The van der Waals surface area contributed by atoms with Gasteiger partial charge >= 0.3 is 0 Å². The van der Waals surface area contributed by atoms with Crippen LogP contribution < -0.4 is 10.6 Å². The number of fused-ring (bicyclic) bond motifs is 1. The summed E-state index contributed by atoms with van der Waals surface area (Å²) < 4.78 is 1.82. The summed E-state index contributed by atoms with van der Waals surface area (Å²) in [6, 6.07) is 8.01. The second kappa shape index (κ2) is 9.73. The van der Waals surface area contributed by atoms with E-state index < -0.39 is 0 Å². The van der Waals surface area contributed by atoms with Crippen LogP contribution in [0.2, 0.25) is 0 Å². The molecular formula is C21H28N6OS. The highest BCUT2D eigenvalue weighted by Gasteiger charge is 2.13. The number of carbonyl (C=O) groups excluding carboxylic acids is 1. The Labute approximate surface area is 175 Å². The van der Waals surface area contributed by atoms with E-state index in [9.17, 15) is 4.79 Å². The lowest BCUT2D eigenvalue weighted by molar-refractivity contribution is -0.120. The molecule has 1 aromatic carbocycles. The van der Waals surface area contributed by atoms with Crippen LogP contribution in [0.5, 0.6) is 0 Å². The highest BCUT2D eigenvalue weighted by molar-refractivity contribution is 7.98. The molecule has 0 aliphatic heterocycles. The van der Waals surface area contributed by atoms with Gasteiger partial charge in [-0.3, -0.25) is 4.79 Å². The zero-order chi connectivity index (χ0) is 20.8. The van der Waals surface area contributed by atoms with Gasteiger partial charge in [0, 0.05) is 13.1 Å². The minimum atomic E-state index is 0.00535. The van der Waals surface area contributed by atoms with Gasteiger partial charge in [-0.25, -0.2) is 14.6 Å². The van der Waals surface area contributed by atoms with Crippen LogP contribution in [0.1, 0.15) is 25.0 Å². The Morgan fingerprint density at radius 3 is 2.83 bits per heavy atom. The molecule has 0 radical (unpaired) electrons. The molecule has 0 aliphatic rings. The third kappa shape index (κ3) is 5.69. The van der Waals surface area contributed by atoms with Crippen molar-refractivity contribution in [1.82, 2.24) is 25.1 Å². The standard InChI is InChI=1S/C21H28N6OS/c1-14(2)12-23-19-17-13-24-27(20(17)26-21(25-19)29-4)9-8-22-18(28)11-16-7-5-6-15(3)10-16/h5-7,10,13-14H,8-9,11-12H2,1-4H3,(H,22,28)(H,23,25,26). The molecule has 0 spiro atoms. The first-order chi connectivity index (χ1) is 14.0. The molecule has 29 heavy (non-hydrogen) atoms. The number of anilines is 1. The Morgan fingerprint density at radius 2 is 2.10 bits per heavy atom. The van der Waals surface area contributed by atoms with E-state index in [0.717, 1.165) is 34.5 Å². The first-order valence-electron chi connectivity index (χ1n) is 9.80. The van der Waals surface area contributed by atoms with Crippen LogP contribution in [0.4, 0.5) is 5.82 Å². The zero-order valence-corrected chi connectivity index (χ0v) is 18.2. The summed E-state index contributed by atoms with van der Waals surface area (Å²) >= 11 is 1.50. The number of benzene rings is 1. The summed E-state index contributed by atoms with van der Waals surface area (Å²) in [5, 5.41) is 12.4. The Bertz CT molecular complexity index is 984. The maximum absolute atomic E-state index is 12.2. The Hall–Kier alpha value is -2.61. The highest BCUT2D eigenvalue weighted by Crippen LogP contribution is 2.23. The van der Waals surface area contributed by atoms with Gasteiger partial charge in [-0.05, 0) is 24.7 Å². The smallest absolute Gasteiger partial charge is 0.224 e. The second-order valence-electron chi connectivity index (χ2n) is 7.45. The van der Waals surface area contributed by atoms with E-state index in [4.69, 9.17) is 0 Å². The van der Waals surface area contributed by atoms with E-state index in [1.807, 2.05) is 42.1 Å². The van der Waals surface area contributed by atoms with Crippen molar-refractivity contribution in [3.8, 4) is 0 Å². The highest BCUT2D eigenvalue weighted by atomic mass is 32.2. The SMILES string of the molecule is CSc1nc(NCC(C)C)c2cnn(CCNC(=O)Cc3cccc(C)c3)c2n1. The molecule has 0 fully saturated rings. The lowest BCUT2D eigenvalue weighted by atomic mass is 10.1. The van der Waals surface area contributed by atoms with E-state index in [1.54, 1.807) is 6.20 Å². The van der Waals surface area contributed by atoms with Gasteiger partial charge in [0.05, 0.1) is 24.5 Å². The fourth-order valence-electron chi connectivity index (χ4n) is 3.00. The summed E-state index contributed by atoms with van der Waals surface area (Å²) in [7, 11) is 0. The van der Waals surface area contributed by atoms with Crippen molar-refractivity contribution in [2.45, 2.75) is 38.9 Å². The van der Waals surface area contributed by atoms with Gasteiger partial charge in [-0.15, -0.1) is 0 Å². The molecule has 154 valence electrons. The molecule has 0 aliphatic carbocycles. The summed E-state index contributed by atoms with van der Waals surface area (Å²) in [6.07, 6.45) is 4.12. The third-order valence-electron chi connectivity index (χ3n) is 4.43. The van der Waals surface area contributed by atoms with Crippen LogP contribution in [-0.4, -0.2) is 45.0 Å². The molecule has 7 nitrogen and oxygen atoms in total. The van der Waals surface area contributed by atoms with Crippen LogP contribution in [0, 0.1) is 12.8 Å². The summed E-state index contributed by atoms with van der Waals surface area (Å²) in [6.45, 7) is 8.22. The Morgan fingerprint density at radius 1 is 1.28 bits per heavy atom. The minimum absolute atomic E-state index is 0.00535. The average molecular weight is 413 g/mol. The molecule has 3 aromatic rings. The average Bonchev–Trinajstić information content (AvgIpc) is 3.09. The topological polar surface area (TPSA) is 84.7 Å². The van der Waals surface area contributed by atoms with Crippen LogP contribution >= 0.6 is 11.8 Å². The van der Waals surface area contributed by atoms with E-state index in [-0.39, 0.29) is 5.91 Å². The fraction of sp³-hybridized carbons (Fsp3) is 0.429. The lowest BCUT2D eigenvalue weighted by Gasteiger charge is -2.11. The van der Waals surface area contributed by atoms with E-state index in [0.29, 0.717) is 30.6 Å². The Kier molecular flexibility index (Phi) is 7.09. The molecule has 1 amide bonds. The maximum atomic E-state index is 12.2. The van der Waals surface area contributed by atoms with Crippen molar-refractivity contribution < 1.29 is 4.79 Å². The van der Waals surface area contributed by atoms with Crippen molar-refractivity contribution in [1.29, 1.82) is 0 Å². The monoisotopic (exact) mass is 412 g/mol. The van der Waals surface area contributed by atoms with Crippen LogP contribution in [0.3, 0.4) is 0 Å². The Balaban J connectivity index is 1.65. The van der Waals surface area contributed by atoms with Crippen LogP contribution in [0.25, 0.3) is 11.0 Å². The molecule has 0 saturated carbocycles. The van der Waals surface area contributed by atoms with Crippen LogP contribution in [0.15, 0.2) is 35.6 Å². The lowest BCUT2D eigenvalue weighted by Crippen LogP contribution is -2.29. The molecule has 0 unspecified atom stereocenters. The van der Waals surface area contributed by atoms with E-state index >= 15 is 0 Å². The number of hydrogen-bond donors (Lipinski definition) is 2. The predicted octanol–water partition coefficient (Wildman–Crippen LogP) is 3.28. The van der Waals surface area contributed by atoms with Gasteiger partial charge in [0.15, 0.2) is 10.8 Å². The predicted molar refractivity (Wildman–Crippen MR) is 118 cm³/mol. The van der Waals surface area contributed by atoms with Crippen molar-refractivity contribution in [2.75, 3.05) is 24.7 Å². The molecule has 2 heterocycles. The molecule has 3 rings (SSSR count). The number of aryl methyl sites for hydroxylation is 1. The number of thioether (sulfide) groups is 1.